The van der Waals surface area contributed by atoms with Gasteiger partial charge in [-0.3, -0.25) is 4.79 Å². The predicted molar refractivity (Wildman–Crippen MR) is 157 cm³/mol. The summed E-state index contributed by atoms with van der Waals surface area (Å²) in [6.07, 6.45) is 10.3. The molecule has 1 aromatic carbocycles. The summed E-state index contributed by atoms with van der Waals surface area (Å²) < 4.78 is 26.2. The molecular formula is C32H44FN5O3. The number of nitrogens with zero attached hydrogens (tertiary/aromatic N) is 4. The van der Waals surface area contributed by atoms with E-state index in [4.69, 9.17) is 15.0 Å². The molecule has 9 heteroatoms. The number of rotatable bonds is 11. The van der Waals surface area contributed by atoms with Crippen molar-refractivity contribution >= 4 is 11.9 Å². The van der Waals surface area contributed by atoms with Crippen LogP contribution in [0.25, 0.3) is 0 Å². The summed E-state index contributed by atoms with van der Waals surface area (Å²) in [5, 5.41) is 4.09. The van der Waals surface area contributed by atoms with Gasteiger partial charge in [0.25, 0.3) is 0 Å². The van der Waals surface area contributed by atoms with E-state index in [9.17, 15) is 9.18 Å². The van der Waals surface area contributed by atoms with Crippen molar-refractivity contribution in [2.75, 3.05) is 37.7 Å². The van der Waals surface area contributed by atoms with Crippen LogP contribution in [0.1, 0.15) is 76.6 Å². The summed E-state index contributed by atoms with van der Waals surface area (Å²) >= 11 is 0. The first-order chi connectivity index (χ1) is 19.8. The highest BCUT2D eigenvalue weighted by atomic mass is 19.1. The van der Waals surface area contributed by atoms with Crippen LogP contribution >= 0.6 is 0 Å². The van der Waals surface area contributed by atoms with Crippen LogP contribution in [0.5, 0.6) is 5.75 Å². The fraction of sp³-hybridized carbons (Fsp3) is 0.594. The van der Waals surface area contributed by atoms with Crippen LogP contribution in [0.3, 0.4) is 0 Å². The van der Waals surface area contributed by atoms with Crippen molar-refractivity contribution in [3.8, 4) is 5.75 Å². The Morgan fingerprint density at radius 2 is 2.07 bits per heavy atom. The van der Waals surface area contributed by atoms with Crippen LogP contribution in [0.2, 0.25) is 0 Å². The lowest BCUT2D eigenvalue weighted by Gasteiger charge is -2.30. The molecule has 3 heterocycles. The fourth-order valence-corrected chi connectivity index (χ4v) is 6.12. The van der Waals surface area contributed by atoms with Crippen LogP contribution in [0.4, 0.5) is 10.4 Å². The van der Waals surface area contributed by atoms with Crippen LogP contribution in [0, 0.1) is 23.6 Å². The standard InChI is InChI=1S/C32H44FN5O3/c1-4-5-6-23-11-15-38(20-29(23)34)30(39)18-25-7-8-26(19-28(25)33)40-16-12-24-17-27(24)22-9-13-37(14-10-22)32-35-31(21(2)3)36-41-32/h5-8,19,21-22,24,27H,4,9-18,20,34H2,1-3H3/b6-5-. The smallest absolute Gasteiger partial charge is 0.324 e. The molecule has 1 amide bonds. The van der Waals surface area contributed by atoms with Gasteiger partial charge in [-0.2, -0.15) is 4.98 Å². The first kappa shape index (κ1) is 29.1. The largest absolute Gasteiger partial charge is 0.493 e. The minimum absolute atomic E-state index is 0.0213. The first-order valence-corrected chi connectivity index (χ1v) is 15.2. The number of aromatic nitrogens is 2. The quantitative estimate of drug-likeness (QED) is 0.378. The fourth-order valence-electron chi connectivity index (χ4n) is 6.12. The van der Waals surface area contributed by atoms with E-state index in [2.05, 4.69) is 41.9 Å². The van der Waals surface area contributed by atoms with Crippen LogP contribution in [-0.4, -0.2) is 53.7 Å². The average molecular weight is 566 g/mol. The Morgan fingerprint density at radius 1 is 1.27 bits per heavy atom. The highest BCUT2D eigenvalue weighted by Gasteiger charge is 2.43. The zero-order chi connectivity index (χ0) is 28.9. The van der Waals surface area contributed by atoms with Crippen LogP contribution < -0.4 is 15.4 Å². The number of amides is 1. The number of benzene rings is 1. The lowest BCUT2D eigenvalue weighted by molar-refractivity contribution is -0.130. The molecule has 2 atom stereocenters. The van der Waals surface area contributed by atoms with E-state index in [0.717, 1.165) is 68.4 Å². The number of carbonyl (C=O) groups is 1. The molecule has 1 saturated heterocycles. The zero-order valence-corrected chi connectivity index (χ0v) is 24.7. The van der Waals surface area contributed by atoms with Crippen LogP contribution in [-0.2, 0) is 11.2 Å². The van der Waals surface area contributed by atoms with Gasteiger partial charge in [0.2, 0.25) is 5.91 Å². The third-order valence-corrected chi connectivity index (χ3v) is 8.80. The lowest BCUT2D eigenvalue weighted by atomic mass is 9.90. The van der Waals surface area contributed by atoms with Gasteiger partial charge in [0.05, 0.1) is 19.6 Å². The number of halogens is 1. The molecule has 5 rings (SSSR count). The third kappa shape index (κ3) is 7.29. The van der Waals surface area contributed by atoms with Crippen molar-refractivity contribution in [2.24, 2.45) is 23.5 Å². The lowest BCUT2D eigenvalue weighted by Crippen LogP contribution is -2.39. The average Bonchev–Trinajstić information content (AvgIpc) is 3.55. The SMILES string of the molecule is CC/C=C\C1=C(N)CN(C(=O)Cc2ccc(OCCC3CC3C3CCN(c4nc(C(C)C)no4)CC3)cc2F)CC1. The Balaban J connectivity index is 1.02. The molecule has 2 N–H and O–H groups in total. The number of allylic oxidation sites excluding steroid dienone is 2. The Labute approximate surface area is 242 Å². The Kier molecular flexibility index (Phi) is 9.30. The van der Waals surface area contributed by atoms with Gasteiger partial charge in [-0.05, 0) is 73.5 Å². The number of ether oxygens (including phenoxy) is 1. The van der Waals surface area contributed by atoms with Gasteiger partial charge in [0.1, 0.15) is 11.6 Å². The van der Waals surface area contributed by atoms with Gasteiger partial charge < -0.3 is 24.8 Å². The molecule has 2 aliphatic heterocycles. The van der Waals surface area contributed by atoms with E-state index >= 15 is 0 Å². The number of piperidine rings is 1. The molecular weight excluding hydrogens is 521 g/mol. The molecule has 8 nitrogen and oxygen atoms in total. The Hall–Kier alpha value is -3.36. The Bertz CT molecular complexity index is 1260. The second-order valence-electron chi connectivity index (χ2n) is 12.1. The van der Waals surface area contributed by atoms with Gasteiger partial charge in [0, 0.05) is 37.3 Å². The maximum atomic E-state index is 14.8. The highest BCUT2D eigenvalue weighted by Crippen LogP contribution is 2.50. The molecule has 41 heavy (non-hydrogen) atoms. The monoisotopic (exact) mass is 565 g/mol. The summed E-state index contributed by atoms with van der Waals surface area (Å²) in [6, 6.07) is 5.50. The topological polar surface area (TPSA) is 97.7 Å². The van der Waals surface area contributed by atoms with Gasteiger partial charge >= 0.3 is 6.01 Å². The van der Waals surface area contributed by atoms with Crippen LogP contribution in [0.15, 0.2) is 46.1 Å². The summed E-state index contributed by atoms with van der Waals surface area (Å²) in [4.78, 5) is 21.3. The molecule has 3 aliphatic rings. The third-order valence-electron chi connectivity index (χ3n) is 8.80. The molecule has 1 saturated carbocycles. The maximum absolute atomic E-state index is 14.8. The molecule has 2 aromatic rings. The number of hydrogen-bond donors (Lipinski definition) is 1. The minimum atomic E-state index is -0.402. The Morgan fingerprint density at radius 3 is 2.76 bits per heavy atom. The molecule has 1 aromatic heterocycles. The molecule has 222 valence electrons. The number of hydrogen-bond acceptors (Lipinski definition) is 7. The van der Waals surface area contributed by atoms with E-state index in [1.165, 1.54) is 12.5 Å². The van der Waals surface area contributed by atoms with Gasteiger partial charge in [0.15, 0.2) is 5.82 Å². The van der Waals surface area contributed by atoms with E-state index in [-0.39, 0.29) is 18.2 Å². The molecule has 0 spiro atoms. The zero-order valence-electron chi connectivity index (χ0n) is 24.7. The number of carbonyl (C=O) groups excluding carboxylic acids is 1. The van der Waals surface area contributed by atoms with E-state index < -0.39 is 5.82 Å². The van der Waals surface area contributed by atoms with Crippen molar-refractivity contribution in [3.05, 3.63) is 58.8 Å². The summed E-state index contributed by atoms with van der Waals surface area (Å²) in [6.45, 7) is 9.70. The number of nitrogens with two attached hydrogens (primary N) is 1. The van der Waals surface area contributed by atoms with E-state index in [0.29, 0.717) is 48.6 Å². The molecule has 2 unspecified atom stereocenters. The molecule has 0 radical (unpaired) electrons. The minimum Gasteiger partial charge on any atom is -0.493 e. The number of anilines is 1. The van der Waals surface area contributed by atoms with Crippen molar-refractivity contribution in [3.63, 3.8) is 0 Å². The molecule has 2 fully saturated rings. The second-order valence-corrected chi connectivity index (χ2v) is 12.1. The normalized spacial score (nSPS) is 21.8. The van der Waals surface area contributed by atoms with E-state index in [1.54, 1.807) is 17.0 Å². The van der Waals surface area contributed by atoms with E-state index in [1.807, 2.05) is 6.08 Å². The summed E-state index contributed by atoms with van der Waals surface area (Å²) in [5.74, 6) is 3.18. The van der Waals surface area contributed by atoms with Gasteiger partial charge in [-0.1, -0.05) is 44.1 Å². The summed E-state index contributed by atoms with van der Waals surface area (Å²) in [7, 11) is 0. The second kappa shape index (κ2) is 13.1. The highest BCUT2D eigenvalue weighted by molar-refractivity contribution is 5.79. The van der Waals surface area contributed by atoms with Gasteiger partial charge in [-0.25, -0.2) is 4.39 Å². The van der Waals surface area contributed by atoms with Crippen molar-refractivity contribution in [1.82, 2.24) is 15.0 Å². The maximum Gasteiger partial charge on any atom is 0.324 e. The summed E-state index contributed by atoms with van der Waals surface area (Å²) in [5.41, 5.74) is 8.37. The van der Waals surface area contributed by atoms with Crippen molar-refractivity contribution < 1.29 is 18.4 Å². The van der Waals surface area contributed by atoms with Crippen molar-refractivity contribution in [2.45, 2.75) is 71.6 Å². The van der Waals surface area contributed by atoms with Crippen molar-refractivity contribution in [1.29, 1.82) is 0 Å². The van der Waals surface area contributed by atoms with Gasteiger partial charge in [-0.15, -0.1) is 0 Å². The molecule has 0 bridgehead atoms. The molecule has 1 aliphatic carbocycles. The first-order valence-electron chi connectivity index (χ1n) is 15.2. The predicted octanol–water partition coefficient (Wildman–Crippen LogP) is 5.61.